The van der Waals surface area contributed by atoms with Crippen molar-refractivity contribution in [2.45, 2.75) is 64.9 Å². The van der Waals surface area contributed by atoms with Crippen molar-refractivity contribution in [2.24, 2.45) is 5.92 Å². The van der Waals surface area contributed by atoms with E-state index in [4.69, 9.17) is 0 Å². The predicted molar refractivity (Wildman–Crippen MR) is 76.9 cm³/mol. The number of benzene rings is 1. The topological polar surface area (TPSA) is 20.2 Å². The average Bonchev–Trinajstić information content (AvgIpc) is 2.62. The quantitative estimate of drug-likeness (QED) is 0.840. The van der Waals surface area contributed by atoms with Crippen LogP contribution < -0.4 is 0 Å². The molecular weight excluding hydrogens is 220 g/mol. The van der Waals surface area contributed by atoms with Crippen molar-refractivity contribution in [3.8, 4) is 0 Å². The molecule has 100 valence electrons. The summed E-state index contributed by atoms with van der Waals surface area (Å²) in [5.74, 6) is 1.01. The molecular formula is C17H26O. The number of hydrogen-bond donors (Lipinski definition) is 1. The summed E-state index contributed by atoms with van der Waals surface area (Å²) in [7, 11) is 0. The van der Waals surface area contributed by atoms with Crippen LogP contribution in [0.5, 0.6) is 0 Å². The summed E-state index contributed by atoms with van der Waals surface area (Å²) in [6.45, 7) is 8.71. The van der Waals surface area contributed by atoms with E-state index in [9.17, 15) is 5.11 Å². The fourth-order valence-electron chi connectivity index (χ4n) is 3.45. The highest BCUT2D eigenvalue weighted by Crippen LogP contribution is 2.41. The van der Waals surface area contributed by atoms with Crippen LogP contribution in [-0.4, -0.2) is 10.7 Å². The summed E-state index contributed by atoms with van der Waals surface area (Å²) in [5.41, 5.74) is 3.81. The van der Waals surface area contributed by atoms with Crippen LogP contribution in [0.3, 0.4) is 0 Å². The second kappa shape index (κ2) is 5.05. The molecule has 1 aromatic rings. The summed E-state index contributed by atoms with van der Waals surface area (Å²) >= 11 is 0. The smallest absolute Gasteiger partial charge is 0.0648 e. The lowest BCUT2D eigenvalue weighted by Gasteiger charge is -2.28. The molecule has 1 aliphatic rings. The van der Waals surface area contributed by atoms with E-state index in [1.165, 1.54) is 29.5 Å². The van der Waals surface area contributed by atoms with E-state index < -0.39 is 5.60 Å². The SMILES string of the molecule is Cc1cccc(C(C)CC2CCCC2(C)O)c1C. The molecule has 1 fully saturated rings. The summed E-state index contributed by atoms with van der Waals surface area (Å²) in [6, 6.07) is 6.58. The van der Waals surface area contributed by atoms with Gasteiger partial charge in [-0.2, -0.15) is 0 Å². The van der Waals surface area contributed by atoms with Gasteiger partial charge in [-0.25, -0.2) is 0 Å². The van der Waals surface area contributed by atoms with E-state index in [-0.39, 0.29) is 0 Å². The van der Waals surface area contributed by atoms with Crippen LogP contribution in [0.1, 0.15) is 62.1 Å². The summed E-state index contributed by atoms with van der Waals surface area (Å²) < 4.78 is 0. The molecule has 0 saturated heterocycles. The molecule has 0 heterocycles. The molecule has 1 aromatic carbocycles. The number of rotatable bonds is 3. The van der Waals surface area contributed by atoms with E-state index in [1.54, 1.807) is 0 Å². The van der Waals surface area contributed by atoms with Gasteiger partial charge in [-0.05, 0) is 68.6 Å². The first-order valence-corrected chi connectivity index (χ1v) is 7.20. The molecule has 18 heavy (non-hydrogen) atoms. The second-order valence-electron chi connectivity index (χ2n) is 6.37. The lowest BCUT2D eigenvalue weighted by molar-refractivity contribution is 0.0157. The van der Waals surface area contributed by atoms with Crippen molar-refractivity contribution in [1.82, 2.24) is 0 Å². The molecule has 3 atom stereocenters. The van der Waals surface area contributed by atoms with E-state index in [1.807, 2.05) is 6.92 Å². The zero-order valence-electron chi connectivity index (χ0n) is 12.2. The van der Waals surface area contributed by atoms with Crippen LogP contribution in [0.4, 0.5) is 0 Å². The molecule has 0 aliphatic heterocycles. The molecule has 0 amide bonds. The minimum atomic E-state index is -0.439. The Labute approximate surface area is 111 Å². The molecule has 2 rings (SSSR count). The standard InChI is InChI=1S/C17H26O/c1-12-7-5-9-16(14(12)3)13(2)11-15-8-6-10-17(15,4)18/h5,7,9,13,15,18H,6,8,10-11H2,1-4H3. The molecule has 1 saturated carbocycles. The molecule has 0 spiro atoms. The van der Waals surface area contributed by atoms with Crippen molar-refractivity contribution in [1.29, 1.82) is 0 Å². The van der Waals surface area contributed by atoms with Gasteiger partial charge in [0.05, 0.1) is 5.60 Å². The summed E-state index contributed by atoms with van der Waals surface area (Å²) in [4.78, 5) is 0. The Morgan fingerprint density at radius 2 is 2.11 bits per heavy atom. The van der Waals surface area contributed by atoms with E-state index >= 15 is 0 Å². The largest absolute Gasteiger partial charge is 0.390 e. The lowest BCUT2D eigenvalue weighted by atomic mass is 9.81. The highest BCUT2D eigenvalue weighted by molar-refractivity contribution is 5.35. The first-order chi connectivity index (χ1) is 8.42. The Morgan fingerprint density at radius 1 is 1.39 bits per heavy atom. The Hall–Kier alpha value is -0.820. The zero-order chi connectivity index (χ0) is 13.3. The third-order valence-corrected chi connectivity index (χ3v) is 4.93. The maximum atomic E-state index is 10.4. The summed E-state index contributed by atoms with van der Waals surface area (Å²) in [6.07, 6.45) is 4.44. The number of aliphatic hydroxyl groups is 1. The monoisotopic (exact) mass is 246 g/mol. The highest BCUT2D eigenvalue weighted by Gasteiger charge is 2.37. The predicted octanol–water partition coefficient (Wildman–Crippen LogP) is 4.35. The fourth-order valence-corrected chi connectivity index (χ4v) is 3.45. The van der Waals surface area contributed by atoms with Crippen LogP contribution in [0.15, 0.2) is 18.2 Å². The second-order valence-corrected chi connectivity index (χ2v) is 6.37. The van der Waals surface area contributed by atoms with Crippen molar-refractivity contribution >= 4 is 0 Å². The number of hydrogen-bond acceptors (Lipinski definition) is 1. The van der Waals surface area contributed by atoms with Crippen LogP contribution in [-0.2, 0) is 0 Å². The molecule has 1 N–H and O–H groups in total. The molecule has 0 radical (unpaired) electrons. The normalized spacial score (nSPS) is 29.5. The minimum absolute atomic E-state index is 0.439. The van der Waals surface area contributed by atoms with Crippen LogP contribution in [0.25, 0.3) is 0 Å². The van der Waals surface area contributed by atoms with Gasteiger partial charge in [0.25, 0.3) is 0 Å². The van der Waals surface area contributed by atoms with Crippen molar-refractivity contribution in [2.75, 3.05) is 0 Å². The Bertz CT molecular complexity index is 420. The lowest BCUT2D eigenvalue weighted by Crippen LogP contribution is -2.29. The van der Waals surface area contributed by atoms with Crippen molar-refractivity contribution in [3.63, 3.8) is 0 Å². The Balaban J connectivity index is 2.12. The molecule has 1 heteroatoms. The fraction of sp³-hybridized carbons (Fsp3) is 0.647. The Morgan fingerprint density at radius 3 is 2.72 bits per heavy atom. The van der Waals surface area contributed by atoms with E-state index in [2.05, 4.69) is 39.0 Å². The van der Waals surface area contributed by atoms with Gasteiger partial charge in [0.15, 0.2) is 0 Å². The van der Waals surface area contributed by atoms with E-state index in [0.29, 0.717) is 11.8 Å². The maximum absolute atomic E-state index is 10.4. The van der Waals surface area contributed by atoms with Gasteiger partial charge in [0.2, 0.25) is 0 Å². The van der Waals surface area contributed by atoms with Gasteiger partial charge in [-0.1, -0.05) is 31.5 Å². The van der Waals surface area contributed by atoms with Crippen molar-refractivity contribution < 1.29 is 5.11 Å². The van der Waals surface area contributed by atoms with Gasteiger partial charge < -0.3 is 5.11 Å². The molecule has 1 aliphatic carbocycles. The van der Waals surface area contributed by atoms with Crippen LogP contribution in [0.2, 0.25) is 0 Å². The van der Waals surface area contributed by atoms with Gasteiger partial charge in [-0.15, -0.1) is 0 Å². The summed E-state index contributed by atoms with van der Waals surface area (Å²) in [5, 5.41) is 10.4. The molecule has 3 unspecified atom stereocenters. The van der Waals surface area contributed by atoms with Gasteiger partial charge in [0, 0.05) is 0 Å². The minimum Gasteiger partial charge on any atom is -0.390 e. The number of aryl methyl sites for hydroxylation is 1. The van der Waals surface area contributed by atoms with Crippen LogP contribution in [0, 0.1) is 19.8 Å². The third-order valence-electron chi connectivity index (χ3n) is 4.93. The van der Waals surface area contributed by atoms with Crippen LogP contribution >= 0.6 is 0 Å². The molecule has 1 nitrogen and oxygen atoms in total. The molecule has 0 aromatic heterocycles. The van der Waals surface area contributed by atoms with Gasteiger partial charge in [0.1, 0.15) is 0 Å². The first-order valence-electron chi connectivity index (χ1n) is 7.20. The highest BCUT2D eigenvalue weighted by atomic mass is 16.3. The maximum Gasteiger partial charge on any atom is 0.0648 e. The third kappa shape index (κ3) is 2.61. The Kier molecular flexibility index (Phi) is 3.82. The zero-order valence-corrected chi connectivity index (χ0v) is 12.2. The average molecular weight is 246 g/mol. The van der Waals surface area contributed by atoms with Gasteiger partial charge >= 0.3 is 0 Å². The first kappa shape index (κ1) is 13.6. The van der Waals surface area contributed by atoms with E-state index in [0.717, 1.165) is 12.8 Å². The van der Waals surface area contributed by atoms with Crippen molar-refractivity contribution in [3.05, 3.63) is 34.9 Å². The molecule has 0 bridgehead atoms. The van der Waals surface area contributed by atoms with Gasteiger partial charge in [-0.3, -0.25) is 0 Å².